The van der Waals surface area contributed by atoms with E-state index in [1.54, 1.807) is 35.4 Å². The summed E-state index contributed by atoms with van der Waals surface area (Å²) in [5.74, 6) is -0.217. The molecule has 0 atom stereocenters. The molecule has 2 rings (SSSR count). The number of nitrogens with zero attached hydrogens (tertiary/aromatic N) is 3. The highest BCUT2D eigenvalue weighted by Gasteiger charge is 2.14. The van der Waals surface area contributed by atoms with Gasteiger partial charge in [0, 0.05) is 25.4 Å². The zero-order valence-corrected chi connectivity index (χ0v) is 11.7. The molecule has 0 aliphatic heterocycles. The molecule has 0 fully saturated rings. The number of pyridine rings is 1. The molecule has 20 heavy (non-hydrogen) atoms. The molecule has 6 nitrogen and oxygen atoms in total. The van der Waals surface area contributed by atoms with E-state index in [1.807, 2.05) is 16.8 Å². The maximum atomic E-state index is 12.2. The third kappa shape index (κ3) is 3.12. The van der Waals surface area contributed by atoms with E-state index < -0.39 is 0 Å². The largest absolute Gasteiger partial charge is 0.409 e. The van der Waals surface area contributed by atoms with Crippen molar-refractivity contribution in [3.63, 3.8) is 0 Å². The Morgan fingerprint density at radius 3 is 2.85 bits per heavy atom. The van der Waals surface area contributed by atoms with Crippen molar-refractivity contribution in [2.75, 3.05) is 7.05 Å². The lowest BCUT2D eigenvalue weighted by Crippen LogP contribution is -2.27. The molecule has 0 aromatic carbocycles. The summed E-state index contributed by atoms with van der Waals surface area (Å²) in [5.41, 5.74) is 7.30. The molecule has 1 amide bonds. The molecule has 0 saturated carbocycles. The van der Waals surface area contributed by atoms with Gasteiger partial charge in [-0.1, -0.05) is 5.16 Å². The molecule has 0 radical (unpaired) electrons. The molecule has 2 aromatic rings. The Morgan fingerprint density at radius 2 is 2.30 bits per heavy atom. The second-order valence-corrected chi connectivity index (χ2v) is 4.99. The fourth-order valence-electron chi connectivity index (χ4n) is 1.65. The van der Waals surface area contributed by atoms with Gasteiger partial charge in [-0.15, -0.1) is 0 Å². The standard InChI is InChI=1S/C13H14N4O2S/c1-17(7-9-4-5-20-8-9)13(18)11-3-2-10(6-15-11)12(14)16-19/h2-6,8,19H,7H2,1H3,(H2,14,16). The average molecular weight is 290 g/mol. The van der Waals surface area contributed by atoms with E-state index in [-0.39, 0.29) is 11.7 Å². The summed E-state index contributed by atoms with van der Waals surface area (Å²) in [5, 5.41) is 15.4. The lowest BCUT2D eigenvalue weighted by Gasteiger charge is -2.15. The van der Waals surface area contributed by atoms with Gasteiger partial charge in [-0.05, 0) is 34.5 Å². The van der Waals surface area contributed by atoms with Crippen LogP contribution in [0.25, 0.3) is 0 Å². The van der Waals surface area contributed by atoms with Gasteiger partial charge < -0.3 is 15.8 Å². The number of carbonyl (C=O) groups excluding carboxylic acids is 1. The predicted molar refractivity (Wildman–Crippen MR) is 76.9 cm³/mol. The van der Waals surface area contributed by atoms with Crippen molar-refractivity contribution in [2.24, 2.45) is 10.9 Å². The first-order chi connectivity index (χ1) is 9.61. The van der Waals surface area contributed by atoms with Gasteiger partial charge >= 0.3 is 0 Å². The fourth-order valence-corrected chi connectivity index (χ4v) is 2.31. The van der Waals surface area contributed by atoms with E-state index in [0.717, 1.165) is 5.56 Å². The van der Waals surface area contributed by atoms with E-state index >= 15 is 0 Å². The van der Waals surface area contributed by atoms with Crippen LogP contribution in [0.15, 0.2) is 40.3 Å². The number of amidine groups is 1. The Kier molecular flexibility index (Phi) is 4.31. The SMILES string of the molecule is CN(Cc1ccsc1)C(=O)c1ccc(C(N)=NO)cn1. The van der Waals surface area contributed by atoms with Crippen molar-refractivity contribution in [1.82, 2.24) is 9.88 Å². The van der Waals surface area contributed by atoms with Crippen LogP contribution in [0, 0.1) is 0 Å². The molecule has 0 aliphatic rings. The van der Waals surface area contributed by atoms with Crippen molar-refractivity contribution in [3.8, 4) is 0 Å². The Morgan fingerprint density at radius 1 is 1.50 bits per heavy atom. The van der Waals surface area contributed by atoms with Crippen molar-refractivity contribution >= 4 is 23.1 Å². The van der Waals surface area contributed by atoms with E-state index in [9.17, 15) is 4.79 Å². The first-order valence-electron chi connectivity index (χ1n) is 5.82. The van der Waals surface area contributed by atoms with Crippen LogP contribution in [-0.2, 0) is 6.54 Å². The zero-order valence-electron chi connectivity index (χ0n) is 10.9. The number of nitrogens with two attached hydrogens (primary N) is 1. The summed E-state index contributed by atoms with van der Waals surface area (Å²) >= 11 is 1.59. The Labute approximate surface area is 120 Å². The highest BCUT2D eigenvalue weighted by Crippen LogP contribution is 2.10. The highest BCUT2D eigenvalue weighted by atomic mass is 32.1. The van der Waals surface area contributed by atoms with Gasteiger partial charge in [0.2, 0.25) is 0 Å². The summed E-state index contributed by atoms with van der Waals surface area (Å²) in [6.07, 6.45) is 1.40. The third-order valence-corrected chi connectivity index (χ3v) is 3.46. The van der Waals surface area contributed by atoms with Crippen LogP contribution in [-0.4, -0.2) is 33.9 Å². The minimum absolute atomic E-state index is 0.0388. The second kappa shape index (κ2) is 6.16. The molecule has 0 aliphatic carbocycles. The van der Waals surface area contributed by atoms with Gasteiger partial charge in [0.25, 0.3) is 5.91 Å². The predicted octanol–water partition coefficient (Wildman–Crippen LogP) is 1.51. The third-order valence-electron chi connectivity index (χ3n) is 2.73. The molecule has 0 saturated heterocycles. The van der Waals surface area contributed by atoms with E-state index in [1.165, 1.54) is 6.20 Å². The van der Waals surface area contributed by atoms with Crippen molar-refractivity contribution in [3.05, 3.63) is 52.0 Å². The number of hydrogen-bond acceptors (Lipinski definition) is 5. The molecule has 2 heterocycles. The van der Waals surface area contributed by atoms with Crippen LogP contribution < -0.4 is 5.73 Å². The summed E-state index contributed by atoms with van der Waals surface area (Å²) in [6, 6.07) is 5.12. The molecule has 0 bridgehead atoms. The van der Waals surface area contributed by atoms with Gasteiger partial charge in [-0.3, -0.25) is 9.78 Å². The number of carbonyl (C=O) groups is 1. The molecule has 104 valence electrons. The summed E-state index contributed by atoms with van der Waals surface area (Å²) in [4.78, 5) is 17.8. The lowest BCUT2D eigenvalue weighted by molar-refractivity contribution is 0.0779. The summed E-state index contributed by atoms with van der Waals surface area (Å²) in [7, 11) is 1.72. The summed E-state index contributed by atoms with van der Waals surface area (Å²) in [6.45, 7) is 0.534. The van der Waals surface area contributed by atoms with Gasteiger partial charge in [-0.25, -0.2) is 0 Å². The molecule has 3 N–H and O–H groups in total. The van der Waals surface area contributed by atoms with Crippen LogP contribution in [0.4, 0.5) is 0 Å². The van der Waals surface area contributed by atoms with Gasteiger partial charge in [0.15, 0.2) is 5.84 Å². The maximum Gasteiger partial charge on any atom is 0.272 e. The highest BCUT2D eigenvalue weighted by molar-refractivity contribution is 7.07. The zero-order chi connectivity index (χ0) is 14.5. The Bertz CT molecular complexity index is 608. The maximum absolute atomic E-state index is 12.2. The lowest BCUT2D eigenvalue weighted by atomic mass is 10.2. The Hall–Kier alpha value is -2.41. The van der Waals surface area contributed by atoms with Crippen molar-refractivity contribution < 1.29 is 10.0 Å². The number of aromatic nitrogens is 1. The number of rotatable bonds is 4. The minimum atomic E-state index is -0.178. The summed E-state index contributed by atoms with van der Waals surface area (Å²) < 4.78 is 0. The molecule has 0 unspecified atom stereocenters. The second-order valence-electron chi connectivity index (χ2n) is 4.21. The van der Waals surface area contributed by atoms with Crippen LogP contribution in [0.3, 0.4) is 0 Å². The minimum Gasteiger partial charge on any atom is -0.409 e. The van der Waals surface area contributed by atoms with Crippen LogP contribution in [0.1, 0.15) is 21.6 Å². The van der Waals surface area contributed by atoms with Crippen molar-refractivity contribution in [1.29, 1.82) is 0 Å². The van der Waals surface area contributed by atoms with Crippen LogP contribution in [0.2, 0.25) is 0 Å². The van der Waals surface area contributed by atoms with E-state index in [4.69, 9.17) is 10.9 Å². The quantitative estimate of drug-likeness (QED) is 0.386. The van der Waals surface area contributed by atoms with Gasteiger partial charge in [-0.2, -0.15) is 11.3 Å². The average Bonchev–Trinajstić information content (AvgIpc) is 2.98. The molecular weight excluding hydrogens is 276 g/mol. The topological polar surface area (TPSA) is 91.8 Å². The number of thiophene rings is 1. The number of amides is 1. The van der Waals surface area contributed by atoms with Gasteiger partial charge in [0.05, 0.1) is 0 Å². The first-order valence-corrected chi connectivity index (χ1v) is 6.76. The van der Waals surface area contributed by atoms with Crippen molar-refractivity contribution in [2.45, 2.75) is 6.54 Å². The monoisotopic (exact) mass is 290 g/mol. The number of hydrogen-bond donors (Lipinski definition) is 2. The smallest absolute Gasteiger partial charge is 0.272 e. The van der Waals surface area contributed by atoms with E-state index in [0.29, 0.717) is 17.8 Å². The van der Waals surface area contributed by atoms with Gasteiger partial charge in [0.1, 0.15) is 5.69 Å². The normalized spacial score (nSPS) is 11.3. The van der Waals surface area contributed by atoms with Crippen LogP contribution in [0.5, 0.6) is 0 Å². The Balaban J connectivity index is 2.09. The molecule has 2 aromatic heterocycles. The fraction of sp³-hybridized carbons (Fsp3) is 0.154. The number of oxime groups is 1. The van der Waals surface area contributed by atoms with Crippen LogP contribution >= 0.6 is 11.3 Å². The van der Waals surface area contributed by atoms with E-state index in [2.05, 4.69) is 10.1 Å². The first kappa shape index (κ1) is 14.0. The molecular formula is C13H14N4O2S. The molecule has 0 spiro atoms. The molecule has 7 heteroatoms.